The molecule has 0 amide bonds. The maximum Gasteiger partial charge on any atom is 0.119 e. The predicted molar refractivity (Wildman–Crippen MR) is 75.8 cm³/mol. The van der Waals surface area contributed by atoms with Crippen molar-refractivity contribution < 1.29 is 9.84 Å². The van der Waals surface area contributed by atoms with Gasteiger partial charge in [-0.1, -0.05) is 45.9 Å². The zero-order valence-electron chi connectivity index (χ0n) is 12.0. The van der Waals surface area contributed by atoms with Crippen LogP contribution >= 0.6 is 0 Å². The Morgan fingerprint density at radius 2 is 1.50 bits per heavy atom. The molecule has 18 heavy (non-hydrogen) atoms. The minimum absolute atomic E-state index is 0.368. The first-order valence-corrected chi connectivity index (χ1v) is 6.81. The highest BCUT2D eigenvalue weighted by Gasteiger charge is 2.30. The minimum atomic E-state index is -0.724. The zero-order chi connectivity index (χ0) is 13.6. The molecule has 1 N–H and O–H groups in total. The third-order valence-electron chi connectivity index (χ3n) is 2.83. The van der Waals surface area contributed by atoms with Crippen molar-refractivity contribution in [3.05, 3.63) is 30.3 Å². The van der Waals surface area contributed by atoms with Crippen LogP contribution in [0.5, 0.6) is 5.75 Å². The van der Waals surface area contributed by atoms with Gasteiger partial charge in [-0.25, -0.2) is 0 Å². The Labute approximate surface area is 111 Å². The lowest BCUT2D eigenvalue weighted by Gasteiger charge is -2.31. The molecule has 1 aromatic rings. The van der Waals surface area contributed by atoms with Crippen LogP contribution in [0.15, 0.2) is 30.3 Å². The van der Waals surface area contributed by atoms with Crippen molar-refractivity contribution in [3.63, 3.8) is 0 Å². The molecule has 0 atom stereocenters. The Balaban J connectivity index is 2.61. The molecule has 0 aromatic heterocycles. The molecule has 0 aliphatic carbocycles. The van der Waals surface area contributed by atoms with Gasteiger partial charge in [-0.2, -0.15) is 0 Å². The van der Waals surface area contributed by atoms with E-state index in [1.54, 1.807) is 0 Å². The molecule has 2 nitrogen and oxygen atoms in total. The van der Waals surface area contributed by atoms with Gasteiger partial charge < -0.3 is 9.84 Å². The quantitative estimate of drug-likeness (QED) is 0.795. The van der Waals surface area contributed by atoms with Crippen LogP contribution in [0.2, 0.25) is 0 Å². The summed E-state index contributed by atoms with van der Waals surface area (Å²) in [5.41, 5.74) is -0.724. The number of benzene rings is 1. The van der Waals surface area contributed by atoms with E-state index in [-0.39, 0.29) is 0 Å². The van der Waals surface area contributed by atoms with Gasteiger partial charge in [-0.3, -0.25) is 0 Å². The molecule has 0 saturated carbocycles. The highest BCUT2D eigenvalue weighted by Crippen LogP contribution is 2.26. The van der Waals surface area contributed by atoms with Gasteiger partial charge in [0.25, 0.3) is 0 Å². The fourth-order valence-corrected chi connectivity index (χ4v) is 2.46. The molecule has 1 rings (SSSR count). The number of aliphatic hydroxyl groups is 1. The van der Waals surface area contributed by atoms with Crippen molar-refractivity contribution in [1.82, 2.24) is 0 Å². The van der Waals surface area contributed by atoms with Gasteiger partial charge in [0.2, 0.25) is 0 Å². The van der Waals surface area contributed by atoms with Gasteiger partial charge in [-0.05, 0) is 36.8 Å². The summed E-state index contributed by atoms with van der Waals surface area (Å²) in [5.74, 6) is 1.75. The number of hydrogen-bond acceptors (Lipinski definition) is 2. The summed E-state index contributed by atoms with van der Waals surface area (Å²) in [4.78, 5) is 0. The van der Waals surface area contributed by atoms with Gasteiger partial charge in [0.05, 0.1) is 5.60 Å². The molecule has 0 heterocycles. The highest BCUT2D eigenvalue weighted by molar-refractivity contribution is 5.21. The summed E-state index contributed by atoms with van der Waals surface area (Å²) in [6.45, 7) is 8.90. The lowest BCUT2D eigenvalue weighted by molar-refractivity contribution is -0.0369. The summed E-state index contributed by atoms with van der Waals surface area (Å²) in [7, 11) is 0. The van der Waals surface area contributed by atoms with Crippen molar-refractivity contribution in [1.29, 1.82) is 0 Å². The number of ether oxygens (including phenoxy) is 1. The van der Waals surface area contributed by atoms with E-state index in [0.29, 0.717) is 18.4 Å². The van der Waals surface area contributed by atoms with Crippen molar-refractivity contribution in [2.45, 2.75) is 46.1 Å². The molecule has 0 radical (unpaired) electrons. The first kappa shape index (κ1) is 15.0. The number of para-hydroxylation sites is 1. The van der Waals surface area contributed by atoms with Crippen LogP contribution in [0.3, 0.4) is 0 Å². The first-order chi connectivity index (χ1) is 8.41. The van der Waals surface area contributed by atoms with Crippen LogP contribution < -0.4 is 4.74 Å². The van der Waals surface area contributed by atoms with Gasteiger partial charge in [0.15, 0.2) is 0 Å². The molecule has 1 aromatic carbocycles. The first-order valence-electron chi connectivity index (χ1n) is 6.81. The van der Waals surface area contributed by atoms with Gasteiger partial charge in [-0.15, -0.1) is 0 Å². The Bertz CT molecular complexity index is 320. The molecule has 0 saturated heterocycles. The molecule has 0 aliphatic heterocycles. The van der Waals surface area contributed by atoms with Crippen LogP contribution in [0.25, 0.3) is 0 Å². The summed E-state index contributed by atoms with van der Waals surface area (Å²) in [6.07, 6.45) is 1.55. The van der Waals surface area contributed by atoms with Gasteiger partial charge >= 0.3 is 0 Å². The van der Waals surface area contributed by atoms with E-state index in [0.717, 1.165) is 18.6 Å². The van der Waals surface area contributed by atoms with Gasteiger partial charge in [0.1, 0.15) is 12.4 Å². The SMILES string of the molecule is CC(C)CC(O)(COc1ccccc1)CC(C)C. The van der Waals surface area contributed by atoms with Crippen LogP contribution in [-0.2, 0) is 0 Å². The Kier molecular flexibility index (Phi) is 5.67. The Morgan fingerprint density at radius 1 is 1.00 bits per heavy atom. The average Bonchev–Trinajstić information content (AvgIpc) is 2.26. The normalized spacial score (nSPS) is 12.2. The zero-order valence-corrected chi connectivity index (χ0v) is 12.0. The van der Waals surface area contributed by atoms with E-state index < -0.39 is 5.60 Å². The minimum Gasteiger partial charge on any atom is -0.491 e. The third-order valence-corrected chi connectivity index (χ3v) is 2.83. The molecule has 102 valence electrons. The maximum atomic E-state index is 10.7. The monoisotopic (exact) mass is 250 g/mol. The van der Waals surface area contributed by atoms with E-state index >= 15 is 0 Å². The lowest BCUT2D eigenvalue weighted by atomic mass is 9.86. The molecule has 0 unspecified atom stereocenters. The second-order valence-corrected chi connectivity index (χ2v) is 6.02. The highest BCUT2D eigenvalue weighted by atomic mass is 16.5. The second kappa shape index (κ2) is 6.79. The molecule has 0 spiro atoms. The molecule has 0 fully saturated rings. The van der Waals surface area contributed by atoms with E-state index in [4.69, 9.17) is 4.74 Å². The topological polar surface area (TPSA) is 29.5 Å². The smallest absolute Gasteiger partial charge is 0.119 e. The molecule has 2 heteroatoms. The fraction of sp³-hybridized carbons (Fsp3) is 0.625. The van der Waals surface area contributed by atoms with E-state index in [1.165, 1.54) is 0 Å². The van der Waals surface area contributed by atoms with E-state index in [1.807, 2.05) is 30.3 Å². The second-order valence-electron chi connectivity index (χ2n) is 6.02. The standard InChI is InChI=1S/C16H26O2/c1-13(2)10-16(17,11-14(3)4)12-18-15-8-6-5-7-9-15/h5-9,13-14,17H,10-12H2,1-4H3. The van der Waals surface area contributed by atoms with Crippen LogP contribution in [0.4, 0.5) is 0 Å². The average molecular weight is 250 g/mol. The van der Waals surface area contributed by atoms with E-state index in [9.17, 15) is 5.11 Å². The third kappa shape index (κ3) is 5.54. The molecule has 0 aliphatic rings. The predicted octanol–water partition coefficient (Wildman–Crippen LogP) is 3.89. The molecular weight excluding hydrogens is 224 g/mol. The van der Waals surface area contributed by atoms with Crippen molar-refractivity contribution in [2.75, 3.05) is 6.61 Å². The summed E-state index contributed by atoms with van der Waals surface area (Å²) < 4.78 is 5.72. The summed E-state index contributed by atoms with van der Waals surface area (Å²) >= 11 is 0. The van der Waals surface area contributed by atoms with Crippen molar-refractivity contribution >= 4 is 0 Å². The van der Waals surface area contributed by atoms with Crippen LogP contribution in [-0.4, -0.2) is 17.3 Å². The molecular formula is C16H26O2. The van der Waals surface area contributed by atoms with Crippen molar-refractivity contribution in [2.24, 2.45) is 11.8 Å². The Morgan fingerprint density at radius 3 is 1.94 bits per heavy atom. The molecule has 0 bridgehead atoms. The maximum absolute atomic E-state index is 10.7. The fourth-order valence-electron chi connectivity index (χ4n) is 2.46. The number of rotatable bonds is 7. The van der Waals surface area contributed by atoms with Crippen LogP contribution in [0.1, 0.15) is 40.5 Å². The Hall–Kier alpha value is -1.02. The lowest BCUT2D eigenvalue weighted by Crippen LogP contribution is -2.38. The van der Waals surface area contributed by atoms with Crippen LogP contribution in [0, 0.1) is 11.8 Å². The van der Waals surface area contributed by atoms with Crippen molar-refractivity contribution in [3.8, 4) is 5.75 Å². The summed E-state index contributed by atoms with van der Waals surface area (Å²) in [6, 6.07) is 9.69. The van der Waals surface area contributed by atoms with Gasteiger partial charge in [0, 0.05) is 0 Å². The van der Waals surface area contributed by atoms with E-state index in [2.05, 4.69) is 27.7 Å². The summed E-state index contributed by atoms with van der Waals surface area (Å²) in [5, 5.41) is 10.7. The number of hydrogen-bond donors (Lipinski definition) is 1. The largest absolute Gasteiger partial charge is 0.491 e.